The van der Waals surface area contributed by atoms with Gasteiger partial charge >= 0.3 is 0 Å². The SMILES string of the molecule is COc1ccc2cc1OCCn1nc(-c3ccccc3)nc1[C@@H](C)NC(=O)CN(C(=O)c1cccc3cc[nH]c13)CCNC2=O. The summed E-state index contributed by atoms with van der Waals surface area (Å²) in [6.07, 6.45) is 1.76. The van der Waals surface area contributed by atoms with E-state index in [9.17, 15) is 14.4 Å². The minimum Gasteiger partial charge on any atom is -0.493 e. The molecule has 0 radical (unpaired) electrons. The van der Waals surface area contributed by atoms with Gasteiger partial charge in [0.15, 0.2) is 17.3 Å². The van der Waals surface area contributed by atoms with Crippen molar-refractivity contribution in [1.82, 2.24) is 35.3 Å². The summed E-state index contributed by atoms with van der Waals surface area (Å²) in [4.78, 5) is 49.7. The summed E-state index contributed by atoms with van der Waals surface area (Å²) in [7, 11) is 1.53. The number of H-pyrrole nitrogens is 1. The molecule has 0 fully saturated rings. The fourth-order valence-corrected chi connectivity index (χ4v) is 5.34. The summed E-state index contributed by atoms with van der Waals surface area (Å²) < 4.78 is 13.2. The number of fused-ring (bicyclic) bond motifs is 4. The Hall–Kier alpha value is -5.65. The second kappa shape index (κ2) is 12.9. The number of carbonyl (C=O) groups excluding carboxylic acids is 3. The molecule has 3 aromatic carbocycles. The number of carbonyl (C=O) groups is 3. The van der Waals surface area contributed by atoms with Crippen molar-refractivity contribution in [3.8, 4) is 22.9 Å². The van der Waals surface area contributed by atoms with Crippen LogP contribution in [0.5, 0.6) is 11.5 Å². The number of ether oxygens (including phenoxy) is 2. The molecule has 2 bridgehead atoms. The van der Waals surface area contributed by atoms with E-state index < -0.39 is 6.04 Å². The smallest absolute Gasteiger partial charge is 0.256 e. The number of nitrogens with one attached hydrogen (secondary N) is 3. The minimum atomic E-state index is -0.542. The third kappa shape index (κ3) is 6.35. The van der Waals surface area contributed by atoms with E-state index in [-0.39, 0.29) is 44.0 Å². The molecule has 0 spiro atoms. The molecule has 3 N–H and O–H groups in total. The summed E-state index contributed by atoms with van der Waals surface area (Å²) in [6, 6.07) is 21.2. The maximum absolute atomic E-state index is 13.8. The molecule has 45 heavy (non-hydrogen) atoms. The molecule has 0 saturated heterocycles. The second-order valence-electron chi connectivity index (χ2n) is 10.6. The number of aromatic amines is 1. The van der Waals surface area contributed by atoms with Crippen molar-refractivity contribution >= 4 is 28.6 Å². The van der Waals surface area contributed by atoms with Gasteiger partial charge in [-0.25, -0.2) is 9.67 Å². The number of rotatable bonds is 3. The standard InChI is InChI=1S/C33H33N7O5/c1-21-31-37-30(23-7-4-3-5-8-23)38-40(31)17-18-45-27-19-24(11-12-26(27)44-2)32(42)35-15-16-39(20-28(41)36-21)33(43)25-10-6-9-22-13-14-34-29(22)25/h3-14,19,21,34H,15-18,20H2,1-2H3,(H,35,42)(H,36,41)/t21-/m1/s1. The number of hydrogen-bond donors (Lipinski definition) is 3. The zero-order valence-corrected chi connectivity index (χ0v) is 24.9. The van der Waals surface area contributed by atoms with Crippen molar-refractivity contribution in [3.05, 3.63) is 95.9 Å². The average Bonchev–Trinajstić information content (AvgIpc) is 3.71. The molecule has 1 aliphatic heterocycles. The van der Waals surface area contributed by atoms with Crippen LogP contribution in [-0.4, -0.2) is 75.7 Å². The quantitative estimate of drug-likeness (QED) is 0.285. The first-order valence-corrected chi connectivity index (χ1v) is 14.6. The van der Waals surface area contributed by atoms with Crippen LogP contribution in [0.4, 0.5) is 0 Å². The van der Waals surface area contributed by atoms with E-state index in [0.29, 0.717) is 46.3 Å². The molecule has 3 heterocycles. The maximum Gasteiger partial charge on any atom is 0.256 e. The average molecular weight is 608 g/mol. The fraction of sp³-hybridized carbons (Fsp3) is 0.242. The highest BCUT2D eigenvalue weighted by molar-refractivity contribution is 6.06. The molecule has 6 rings (SSSR count). The zero-order chi connectivity index (χ0) is 31.3. The van der Waals surface area contributed by atoms with Gasteiger partial charge in [0.05, 0.1) is 37.3 Å². The van der Waals surface area contributed by atoms with Gasteiger partial charge < -0.3 is 30.0 Å². The Morgan fingerprint density at radius 3 is 2.67 bits per heavy atom. The Kier molecular flexibility index (Phi) is 8.45. The zero-order valence-electron chi connectivity index (χ0n) is 24.9. The summed E-state index contributed by atoms with van der Waals surface area (Å²) in [5, 5.41) is 11.4. The van der Waals surface area contributed by atoms with Crippen LogP contribution in [0, 0.1) is 0 Å². The van der Waals surface area contributed by atoms with Crippen molar-refractivity contribution in [1.29, 1.82) is 0 Å². The lowest BCUT2D eigenvalue weighted by Gasteiger charge is -2.24. The molecule has 5 aromatic rings. The molecule has 0 aliphatic carbocycles. The van der Waals surface area contributed by atoms with Crippen LogP contribution in [0.2, 0.25) is 0 Å². The first-order chi connectivity index (χ1) is 21.9. The van der Waals surface area contributed by atoms with E-state index in [2.05, 4.69) is 15.6 Å². The summed E-state index contributed by atoms with van der Waals surface area (Å²) >= 11 is 0. The predicted molar refractivity (Wildman–Crippen MR) is 167 cm³/mol. The van der Waals surface area contributed by atoms with Crippen LogP contribution in [0.1, 0.15) is 39.5 Å². The first kappa shape index (κ1) is 29.4. The van der Waals surface area contributed by atoms with Crippen LogP contribution in [-0.2, 0) is 11.3 Å². The Labute approximate surface area is 259 Å². The summed E-state index contributed by atoms with van der Waals surface area (Å²) in [5.74, 6) is 0.840. The van der Waals surface area contributed by atoms with Gasteiger partial charge in [-0.3, -0.25) is 14.4 Å². The van der Waals surface area contributed by atoms with E-state index >= 15 is 0 Å². The number of amides is 3. The third-order valence-electron chi connectivity index (χ3n) is 7.59. The molecular weight excluding hydrogens is 574 g/mol. The molecule has 12 heteroatoms. The second-order valence-corrected chi connectivity index (χ2v) is 10.6. The van der Waals surface area contributed by atoms with Crippen LogP contribution in [0.15, 0.2) is 79.0 Å². The summed E-state index contributed by atoms with van der Waals surface area (Å²) in [6.45, 7) is 2.30. The van der Waals surface area contributed by atoms with Gasteiger partial charge in [0, 0.05) is 35.8 Å². The highest BCUT2D eigenvalue weighted by Crippen LogP contribution is 2.28. The minimum absolute atomic E-state index is 0.0946. The van der Waals surface area contributed by atoms with E-state index in [1.165, 1.54) is 12.0 Å². The van der Waals surface area contributed by atoms with E-state index in [1.54, 1.807) is 41.2 Å². The number of benzene rings is 3. The fourth-order valence-electron chi connectivity index (χ4n) is 5.34. The van der Waals surface area contributed by atoms with Crippen LogP contribution in [0.3, 0.4) is 0 Å². The maximum atomic E-state index is 13.8. The topological polar surface area (TPSA) is 143 Å². The molecule has 1 aliphatic rings. The Balaban J connectivity index is 1.34. The monoisotopic (exact) mass is 607 g/mol. The van der Waals surface area contributed by atoms with Gasteiger partial charge in [0.25, 0.3) is 11.8 Å². The number of hydrogen-bond acceptors (Lipinski definition) is 7. The van der Waals surface area contributed by atoms with Gasteiger partial charge in [0.2, 0.25) is 5.91 Å². The molecule has 12 nitrogen and oxygen atoms in total. The predicted octanol–water partition coefficient (Wildman–Crippen LogP) is 3.58. The van der Waals surface area contributed by atoms with Gasteiger partial charge in [0.1, 0.15) is 12.4 Å². The van der Waals surface area contributed by atoms with Crippen molar-refractivity contribution in [2.75, 3.05) is 33.4 Å². The van der Waals surface area contributed by atoms with Gasteiger partial charge in [-0.1, -0.05) is 42.5 Å². The van der Waals surface area contributed by atoms with Crippen molar-refractivity contribution < 1.29 is 23.9 Å². The molecular formula is C33H33N7O5. The van der Waals surface area contributed by atoms with E-state index in [4.69, 9.17) is 19.6 Å². The lowest BCUT2D eigenvalue weighted by Crippen LogP contribution is -2.45. The van der Waals surface area contributed by atoms with Gasteiger partial charge in [-0.2, -0.15) is 5.10 Å². The van der Waals surface area contributed by atoms with Crippen molar-refractivity contribution in [2.45, 2.75) is 19.5 Å². The Morgan fingerprint density at radius 2 is 1.84 bits per heavy atom. The lowest BCUT2D eigenvalue weighted by atomic mass is 10.1. The molecule has 3 amide bonds. The lowest BCUT2D eigenvalue weighted by molar-refractivity contribution is -0.122. The first-order valence-electron chi connectivity index (χ1n) is 14.6. The third-order valence-corrected chi connectivity index (χ3v) is 7.59. The summed E-state index contributed by atoms with van der Waals surface area (Å²) in [5.41, 5.74) is 2.30. The van der Waals surface area contributed by atoms with Gasteiger partial charge in [-0.05, 0) is 37.3 Å². The normalized spacial score (nSPS) is 16.2. The number of para-hydroxylation sites is 1. The van der Waals surface area contributed by atoms with Crippen molar-refractivity contribution in [3.63, 3.8) is 0 Å². The van der Waals surface area contributed by atoms with Crippen LogP contribution >= 0.6 is 0 Å². The number of nitrogens with zero attached hydrogens (tertiary/aromatic N) is 4. The largest absolute Gasteiger partial charge is 0.493 e. The van der Waals surface area contributed by atoms with Crippen molar-refractivity contribution in [2.24, 2.45) is 0 Å². The van der Waals surface area contributed by atoms with Crippen LogP contribution in [0.25, 0.3) is 22.3 Å². The molecule has 230 valence electrons. The van der Waals surface area contributed by atoms with E-state index in [1.807, 2.05) is 49.4 Å². The molecule has 2 aromatic heterocycles. The molecule has 1 atom stereocenters. The number of methoxy groups -OCH3 is 1. The van der Waals surface area contributed by atoms with Crippen LogP contribution < -0.4 is 20.1 Å². The van der Waals surface area contributed by atoms with E-state index in [0.717, 1.165) is 10.9 Å². The molecule has 0 unspecified atom stereocenters. The Bertz CT molecular complexity index is 1850. The van der Waals surface area contributed by atoms with Gasteiger partial charge in [-0.15, -0.1) is 0 Å². The highest BCUT2D eigenvalue weighted by Gasteiger charge is 2.25. The molecule has 0 saturated carbocycles. The Morgan fingerprint density at radius 1 is 1.00 bits per heavy atom. The number of aromatic nitrogens is 4. The highest BCUT2D eigenvalue weighted by atomic mass is 16.5.